The van der Waals surface area contributed by atoms with E-state index < -0.39 is 17.2 Å². The van der Waals surface area contributed by atoms with Crippen molar-refractivity contribution in [1.29, 1.82) is 5.26 Å². The van der Waals surface area contributed by atoms with E-state index in [0.29, 0.717) is 73.2 Å². The molecule has 2 atom stereocenters. The number of benzene rings is 3. The molecule has 1 spiro atoms. The minimum absolute atomic E-state index is 0.00686. The van der Waals surface area contributed by atoms with E-state index >= 15 is 4.39 Å². The van der Waals surface area contributed by atoms with Gasteiger partial charge in [0.25, 0.3) is 5.92 Å². The van der Waals surface area contributed by atoms with Crippen LogP contribution in [0.1, 0.15) is 56.1 Å². The summed E-state index contributed by atoms with van der Waals surface area (Å²) in [6.07, 6.45) is 10.8. The largest absolute Gasteiger partial charge is 0.508 e. The van der Waals surface area contributed by atoms with Gasteiger partial charge in [0.2, 0.25) is 0 Å². The van der Waals surface area contributed by atoms with Crippen molar-refractivity contribution >= 4 is 39.1 Å². The van der Waals surface area contributed by atoms with Crippen molar-refractivity contribution in [3.8, 4) is 41.3 Å². The van der Waals surface area contributed by atoms with Gasteiger partial charge in [0.1, 0.15) is 17.1 Å². The predicted molar refractivity (Wildman–Crippen MR) is 189 cm³/mol. The molecule has 2 N–H and O–H groups in total. The Balaban J connectivity index is 1.11. The average Bonchev–Trinajstić information content (AvgIpc) is 3.96. The molecule has 51 heavy (non-hydrogen) atoms. The van der Waals surface area contributed by atoms with Gasteiger partial charge in [-0.3, -0.25) is 0 Å². The summed E-state index contributed by atoms with van der Waals surface area (Å²) in [5, 5.41) is 26.4. The number of phenolic OH excluding ortho intramolecular Hbond substituents is 1. The van der Waals surface area contributed by atoms with Gasteiger partial charge in [-0.05, 0) is 86.8 Å². The molecular weight excluding hydrogens is 677 g/mol. The maximum atomic E-state index is 17.3. The maximum Gasteiger partial charge on any atom is 0.319 e. The van der Waals surface area contributed by atoms with Gasteiger partial charge in [-0.2, -0.15) is 15.2 Å². The Hall–Kier alpha value is -4.29. The molecule has 0 radical (unpaired) electrons. The van der Waals surface area contributed by atoms with Crippen LogP contribution in [-0.2, 0) is 0 Å². The topological polar surface area (TPSA) is 97.5 Å². The second kappa shape index (κ2) is 11.6. The number of nitriles is 1. The number of hydrogen-bond acceptors (Lipinski definition) is 8. The number of aromatic hydroxyl groups is 1. The lowest BCUT2D eigenvalue weighted by Gasteiger charge is -2.35. The molecule has 1 aromatic heterocycles. The number of terminal acetylenes is 1. The molecule has 8 nitrogen and oxygen atoms in total. The van der Waals surface area contributed by atoms with Crippen LogP contribution in [0.4, 0.5) is 19.0 Å². The van der Waals surface area contributed by atoms with Crippen molar-refractivity contribution in [3.63, 3.8) is 0 Å². The fourth-order valence-corrected chi connectivity index (χ4v) is 9.07. The summed E-state index contributed by atoms with van der Waals surface area (Å²) in [4.78, 5) is 13.9. The quantitative estimate of drug-likeness (QED) is 0.198. The Morgan fingerprint density at radius 1 is 1.08 bits per heavy atom. The number of alkyl halides is 2. The number of fused-ring (bicyclic) bond motifs is 4. The minimum Gasteiger partial charge on any atom is -0.508 e. The Morgan fingerprint density at radius 2 is 1.80 bits per heavy atom. The number of piperazine rings is 1. The van der Waals surface area contributed by atoms with E-state index in [4.69, 9.17) is 27.7 Å². The zero-order chi connectivity index (χ0) is 35.3. The first kappa shape index (κ1) is 32.6. The first-order valence-electron chi connectivity index (χ1n) is 17.6. The van der Waals surface area contributed by atoms with Crippen LogP contribution in [0.3, 0.4) is 0 Å². The second-order valence-electron chi connectivity index (χ2n) is 15.4. The highest BCUT2D eigenvalue weighted by Crippen LogP contribution is 2.66. The molecule has 2 bridgehead atoms. The van der Waals surface area contributed by atoms with Crippen LogP contribution in [0.25, 0.3) is 32.8 Å². The van der Waals surface area contributed by atoms with Crippen LogP contribution in [0, 0.1) is 40.3 Å². The summed E-state index contributed by atoms with van der Waals surface area (Å²) in [5.74, 6) is -0.310. The van der Waals surface area contributed by atoms with Crippen molar-refractivity contribution in [3.05, 3.63) is 52.3 Å². The number of anilines is 1. The number of aromatic nitrogens is 2. The zero-order valence-electron chi connectivity index (χ0n) is 27.9. The van der Waals surface area contributed by atoms with Crippen molar-refractivity contribution in [2.75, 3.05) is 44.2 Å². The van der Waals surface area contributed by atoms with E-state index in [2.05, 4.69) is 32.1 Å². The number of likely N-dealkylation sites (tertiary alicyclic amines) is 1. The van der Waals surface area contributed by atoms with Gasteiger partial charge in [0.15, 0.2) is 5.82 Å². The summed E-state index contributed by atoms with van der Waals surface area (Å²) >= 11 is 6.49. The Bertz CT molecular complexity index is 2190. The molecule has 262 valence electrons. The highest BCUT2D eigenvalue weighted by molar-refractivity contribution is 6.33. The molecular formula is C39H36ClF3N6O2. The Labute approximate surface area is 298 Å². The van der Waals surface area contributed by atoms with Gasteiger partial charge in [-0.15, -0.1) is 6.42 Å². The predicted octanol–water partition coefficient (Wildman–Crippen LogP) is 7.02. The molecule has 5 fully saturated rings. The van der Waals surface area contributed by atoms with Crippen LogP contribution >= 0.6 is 11.6 Å². The average molecular weight is 713 g/mol. The molecule has 12 heteroatoms. The molecule has 5 aliphatic rings. The SMILES string of the molecule is C#Cc1c(Cl)ccc2cc(O)cc(-c3c(C#N)cc4c(N5CC6CCC(C5)N6)nc(OCC5(CN6CCC7(CC6)CC7(F)F)CC5)nc4c3F)c12. The second-order valence-corrected chi connectivity index (χ2v) is 15.8. The van der Waals surface area contributed by atoms with E-state index in [9.17, 15) is 19.1 Å². The summed E-state index contributed by atoms with van der Waals surface area (Å²) < 4.78 is 51.6. The Morgan fingerprint density at radius 3 is 2.45 bits per heavy atom. The van der Waals surface area contributed by atoms with E-state index in [-0.39, 0.29) is 62.9 Å². The Kier molecular flexibility index (Phi) is 7.42. The van der Waals surface area contributed by atoms with Crippen LogP contribution in [0.2, 0.25) is 5.02 Å². The minimum atomic E-state index is -2.53. The summed E-state index contributed by atoms with van der Waals surface area (Å²) in [6.45, 7) is 3.66. The molecule has 9 rings (SSSR count). The molecule has 3 aromatic carbocycles. The summed E-state index contributed by atoms with van der Waals surface area (Å²) in [6, 6.07) is 10.6. The molecule has 3 saturated heterocycles. The van der Waals surface area contributed by atoms with Crippen molar-refractivity contribution in [2.45, 2.75) is 63.0 Å². The molecule has 4 aromatic rings. The number of piperidine rings is 1. The number of nitrogens with one attached hydrogen (secondary N) is 1. The normalized spacial score (nSPS) is 24.1. The van der Waals surface area contributed by atoms with Gasteiger partial charge in [0.05, 0.1) is 28.8 Å². The van der Waals surface area contributed by atoms with E-state index in [1.807, 2.05) is 0 Å². The fraction of sp³-hybridized carbons (Fsp3) is 0.462. The lowest BCUT2D eigenvalue weighted by Crippen LogP contribution is -2.51. The number of phenols is 1. The molecule has 2 unspecified atom stereocenters. The number of ether oxygens (including phenoxy) is 1. The standard InChI is InChI=1S/C39H36ClF3N6O2/c1-2-27-30(40)6-3-22-13-26(50)15-28(31(22)27)32-23(16-44)14-29-34(33(32)41)46-36(47-35(29)49-17-24-4-5-25(18-49)45-24)51-21-37(7-8-37)20-48-11-9-38(10-12-48)19-39(38,42)43/h1,3,6,13-15,24-25,45,50H,4-5,7-12,17-21H2. The number of hydrogen-bond donors (Lipinski definition) is 2. The fourth-order valence-electron chi connectivity index (χ4n) is 8.86. The lowest BCUT2D eigenvalue weighted by molar-refractivity contribution is 0.0252. The van der Waals surface area contributed by atoms with E-state index in [1.165, 1.54) is 12.1 Å². The maximum absolute atomic E-state index is 17.3. The zero-order valence-corrected chi connectivity index (χ0v) is 28.7. The first-order chi connectivity index (χ1) is 24.5. The highest BCUT2D eigenvalue weighted by Gasteiger charge is 2.70. The van der Waals surface area contributed by atoms with Gasteiger partial charge in [-0.1, -0.05) is 23.6 Å². The summed E-state index contributed by atoms with van der Waals surface area (Å²) in [5.41, 5.74) is -0.429. The molecule has 3 aliphatic heterocycles. The van der Waals surface area contributed by atoms with Gasteiger partial charge >= 0.3 is 6.01 Å². The number of halogens is 4. The molecule has 2 aliphatic carbocycles. The van der Waals surface area contributed by atoms with Gasteiger partial charge in [-0.25, -0.2) is 13.2 Å². The van der Waals surface area contributed by atoms with Gasteiger partial charge < -0.3 is 25.0 Å². The number of rotatable bonds is 7. The van der Waals surface area contributed by atoms with E-state index in [1.54, 1.807) is 18.2 Å². The van der Waals surface area contributed by atoms with Crippen LogP contribution in [-0.4, -0.2) is 77.3 Å². The van der Waals surface area contributed by atoms with Crippen LogP contribution in [0.15, 0.2) is 30.3 Å². The van der Waals surface area contributed by atoms with Crippen LogP contribution in [0.5, 0.6) is 11.8 Å². The van der Waals surface area contributed by atoms with Gasteiger partial charge in [0, 0.05) is 65.3 Å². The molecule has 4 heterocycles. The molecule has 0 amide bonds. The number of nitrogens with zero attached hydrogens (tertiary/aromatic N) is 5. The third kappa shape index (κ3) is 5.44. The van der Waals surface area contributed by atoms with Crippen LogP contribution < -0.4 is 15.0 Å². The van der Waals surface area contributed by atoms with Crippen molar-refractivity contribution < 1.29 is 23.0 Å². The molecule has 2 saturated carbocycles. The smallest absolute Gasteiger partial charge is 0.319 e. The highest BCUT2D eigenvalue weighted by atomic mass is 35.5. The summed E-state index contributed by atoms with van der Waals surface area (Å²) in [7, 11) is 0. The monoisotopic (exact) mass is 712 g/mol. The van der Waals surface area contributed by atoms with Crippen molar-refractivity contribution in [2.24, 2.45) is 10.8 Å². The first-order valence-corrected chi connectivity index (χ1v) is 18.0. The third-order valence-corrected chi connectivity index (χ3v) is 12.4. The lowest BCUT2D eigenvalue weighted by atomic mass is 9.90. The van der Waals surface area contributed by atoms with E-state index in [0.717, 1.165) is 32.2 Å². The third-order valence-electron chi connectivity index (χ3n) is 12.0. The van der Waals surface area contributed by atoms with Crippen molar-refractivity contribution in [1.82, 2.24) is 20.2 Å².